The van der Waals surface area contributed by atoms with Crippen molar-refractivity contribution in [1.29, 1.82) is 0 Å². The van der Waals surface area contributed by atoms with E-state index in [4.69, 9.17) is 0 Å². The maximum atomic E-state index is 9.55. The summed E-state index contributed by atoms with van der Waals surface area (Å²) in [5.74, 6) is 0.359. The molecular weight excluding hydrogens is 194 g/mol. The normalized spacial score (nSPS) is 13.4. The van der Waals surface area contributed by atoms with Crippen LogP contribution in [0.25, 0.3) is 0 Å². The van der Waals surface area contributed by atoms with Gasteiger partial charge in [-0.15, -0.1) is 0 Å². The lowest BCUT2D eigenvalue weighted by Crippen LogP contribution is -2.23. The van der Waals surface area contributed by atoms with Gasteiger partial charge < -0.3 is 10.4 Å². The molecule has 0 bridgehead atoms. The second-order valence-corrected chi connectivity index (χ2v) is 4.69. The van der Waals surface area contributed by atoms with Crippen molar-refractivity contribution < 1.29 is 5.11 Å². The highest BCUT2D eigenvalue weighted by Gasteiger charge is 2.07. The number of nitrogens with one attached hydrogen (secondary N) is 1. The van der Waals surface area contributed by atoms with Gasteiger partial charge in [-0.25, -0.2) is 0 Å². The molecule has 0 saturated heterocycles. The average molecular weight is 213 g/mol. The summed E-state index contributed by atoms with van der Waals surface area (Å²) in [6, 6.07) is 2.12. The van der Waals surface area contributed by atoms with Gasteiger partial charge in [0, 0.05) is 6.54 Å². The SMILES string of the molecule is CC(C)C(O)CCNCc1ccsc1. The van der Waals surface area contributed by atoms with E-state index in [9.17, 15) is 5.11 Å². The number of thiophene rings is 1. The van der Waals surface area contributed by atoms with Gasteiger partial charge in [0.2, 0.25) is 0 Å². The summed E-state index contributed by atoms with van der Waals surface area (Å²) in [5.41, 5.74) is 1.33. The van der Waals surface area contributed by atoms with Gasteiger partial charge >= 0.3 is 0 Å². The molecule has 3 heteroatoms. The van der Waals surface area contributed by atoms with Crippen molar-refractivity contribution in [3.05, 3.63) is 22.4 Å². The number of aliphatic hydroxyl groups is 1. The van der Waals surface area contributed by atoms with E-state index in [-0.39, 0.29) is 6.10 Å². The first-order valence-electron chi connectivity index (χ1n) is 5.10. The van der Waals surface area contributed by atoms with Gasteiger partial charge in [-0.05, 0) is 41.3 Å². The molecule has 80 valence electrons. The van der Waals surface area contributed by atoms with Crippen molar-refractivity contribution in [2.24, 2.45) is 5.92 Å². The van der Waals surface area contributed by atoms with Gasteiger partial charge in [0.15, 0.2) is 0 Å². The molecule has 14 heavy (non-hydrogen) atoms. The molecule has 0 fully saturated rings. The Morgan fingerprint density at radius 3 is 2.86 bits per heavy atom. The second-order valence-electron chi connectivity index (χ2n) is 3.91. The van der Waals surface area contributed by atoms with Crippen LogP contribution in [0.4, 0.5) is 0 Å². The topological polar surface area (TPSA) is 32.3 Å². The van der Waals surface area contributed by atoms with Crippen molar-refractivity contribution in [3.8, 4) is 0 Å². The van der Waals surface area contributed by atoms with Crippen LogP contribution in [0.1, 0.15) is 25.8 Å². The summed E-state index contributed by atoms with van der Waals surface area (Å²) >= 11 is 1.72. The van der Waals surface area contributed by atoms with Crippen LogP contribution in [0.3, 0.4) is 0 Å². The summed E-state index contributed by atoms with van der Waals surface area (Å²) in [6.45, 7) is 5.89. The molecule has 0 aromatic carbocycles. The first-order chi connectivity index (χ1) is 6.70. The molecular formula is C11H19NOS. The molecule has 1 unspecified atom stereocenters. The van der Waals surface area contributed by atoms with E-state index >= 15 is 0 Å². The maximum absolute atomic E-state index is 9.55. The molecule has 0 spiro atoms. The lowest BCUT2D eigenvalue weighted by Gasteiger charge is -2.14. The standard InChI is InChI=1S/C11H19NOS/c1-9(2)11(13)3-5-12-7-10-4-6-14-8-10/h4,6,8-9,11-13H,3,5,7H2,1-2H3. The molecule has 2 nitrogen and oxygen atoms in total. The molecule has 1 aromatic rings. The van der Waals surface area contributed by atoms with Crippen LogP contribution < -0.4 is 5.32 Å². The summed E-state index contributed by atoms with van der Waals surface area (Å²) in [4.78, 5) is 0. The Bertz CT molecular complexity index is 233. The van der Waals surface area contributed by atoms with E-state index in [2.05, 4.69) is 22.1 Å². The number of hydrogen-bond acceptors (Lipinski definition) is 3. The molecule has 1 rings (SSSR count). The fourth-order valence-corrected chi connectivity index (χ4v) is 1.88. The second kappa shape index (κ2) is 6.17. The van der Waals surface area contributed by atoms with Gasteiger partial charge in [-0.3, -0.25) is 0 Å². The highest BCUT2D eigenvalue weighted by atomic mass is 32.1. The van der Waals surface area contributed by atoms with Crippen LogP contribution in [0.15, 0.2) is 16.8 Å². The molecule has 0 radical (unpaired) electrons. The lowest BCUT2D eigenvalue weighted by molar-refractivity contribution is 0.116. The van der Waals surface area contributed by atoms with Gasteiger partial charge in [0.05, 0.1) is 6.10 Å². The molecule has 0 amide bonds. The zero-order valence-electron chi connectivity index (χ0n) is 8.86. The third kappa shape index (κ3) is 4.22. The van der Waals surface area contributed by atoms with Crippen LogP contribution in [0, 0.1) is 5.92 Å². The lowest BCUT2D eigenvalue weighted by atomic mass is 10.0. The van der Waals surface area contributed by atoms with E-state index in [1.165, 1.54) is 5.56 Å². The van der Waals surface area contributed by atoms with Gasteiger partial charge in [0.25, 0.3) is 0 Å². The zero-order chi connectivity index (χ0) is 10.4. The molecule has 0 aliphatic rings. The smallest absolute Gasteiger partial charge is 0.0575 e. The van der Waals surface area contributed by atoms with Crippen molar-refractivity contribution in [1.82, 2.24) is 5.32 Å². The predicted molar refractivity (Wildman–Crippen MR) is 61.5 cm³/mol. The Hall–Kier alpha value is -0.380. The molecule has 0 saturated carbocycles. The Labute approximate surface area is 90.0 Å². The molecule has 1 heterocycles. The van der Waals surface area contributed by atoms with Crippen LogP contribution in [0.5, 0.6) is 0 Å². The van der Waals surface area contributed by atoms with Crippen LogP contribution in [0.2, 0.25) is 0 Å². The predicted octanol–water partition coefficient (Wildman–Crippen LogP) is 2.24. The summed E-state index contributed by atoms with van der Waals surface area (Å²) < 4.78 is 0. The van der Waals surface area contributed by atoms with Crippen molar-refractivity contribution in [2.45, 2.75) is 32.9 Å². The Morgan fingerprint density at radius 1 is 1.50 bits per heavy atom. The molecule has 1 aromatic heterocycles. The van der Waals surface area contributed by atoms with Gasteiger partial charge in [-0.1, -0.05) is 13.8 Å². The molecule has 0 aliphatic heterocycles. The maximum Gasteiger partial charge on any atom is 0.0575 e. The number of hydrogen-bond donors (Lipinski definition) is 2. The van der Waals surface area contributed by atoms with Gasteiger partial charge in [0.1, 0.15) is 0 Å². The zero-order valence-corrected chi connectivity index (χ0v) is 9.68. The van der Waals surface area contributed by atoms with Crippen LogP contribution in [-0.2, 0) is 6.54 Å². The fraction of sp³-hybridized carbons (Fsp3) is 0.636. The summed E-state index contributed by atoms with van der Waals surface area (Å²) in [7, 11) is 0. The fourth-order valence-electron chi connectivity index (χ4n) is 1.21. The molecule has 2 N–H and O–H groups in total. The van der Waals surface area contributed by atoms with E-state index in [0.717, 1.165) is 19.5 Å². The Kier molecular flexibility index (Phi) is 5.15. The Morgan fingerprint density at radius 2 is 2.29 bits per heavy atom. The third-order valence-electron chi connectivity index (χ3n) is 2.30. The average Bonchev–Trinajstić information content (AvgIpc) is 2.64. The van der Waals surface area contributed by atoms with Crippen molar-refractivity contribution in [2.75, 3.05) is 6.54 Å². The largest absolute Gasteiger partial charge is 0.393 e. The molecule has 1 atom stereocenters. The quantitative estimate of drug-likeness (QED) is 0.710. The summed E-state index contributed by atoms with van der Waals surface area (Å²) in [6.07, 6.45) is 0.659. The molecule has 0 aliphatic carbocycles. The van der Waals surface area contributed by atoms with E-state index in [1.54, 1.807) is 11.3 Å². The minimum absolute atomic E-state index is 0.176. The van der Waals surface area contributed by atoms with E-state index < -0.39 is 0 Å². The highest BCUT2D eigenvalue weighted by molar-refractivity contribution is 7.07. The minimum Gasteiger partial charge on any atom is -0.393 e. The first-order valence-corrected chi connectivity index (χ1v) is 6.04. The van der Waals surface area contributed by atoms with Crippen molar-refractivity contribution >= 4 is 11.3 Å². The summed E-state index contributed by atoms with van der Waals surface area (Å²) in [5, 5.41) is 17.1. The minimum atomic E-state index is -0.176. The van der Waals surface area contributed by atoms with Gasteiger partial charge in [-0.2, -0.15) is 11.3 Å². The Balaban J connectivity index is 2.05. The first kappa shape index (κ1) is 11.7. The van der Waals surface area contributed by atoms with E-state index in [1.807, 2.05) is 13.8 Å². The monoisotopic (exact) mass is 213 g/mol. The number of rotatable bonds is 6. The van der Waals surface area contributed by atoms with Crippen LogP contribution >= 0.6 is 11.3 Å². The third-order valence-corrected chi connectivity index (χ3v) is 3.03. The highest BCUT2D eigenvalue weighted by Crippen LogP contribution is 2.06. The van der Waals surface area contributed by atoms with Crippen molar-refractivity contribution in [3.63, 3.8) is 0 Å². The van der Waals surface area contributed by atoms with E-state index in [0.29, 0.717) is 5.92 Å². The number of aliphatic hydroxyl groups excluding tert-OH is 1. The van der Waals surface area contributed by atoms with Crippen LogP contribution in [-0.4, -0.2) is 17.8 Å².